The molecule has 0 spiro atoms. The Kier molecular flexibility index (Phi) is 8.92. The van der Waals surface area contributed by atoms with Gasteiger partial charge in [-0.1, -0.05) is 73.9 Å². The third-order valence-electron chi connectivity index (χ3n) is 6.53. The van der Waals surface area contributed by atoms with Gasteiger partial charge in [-0.05, 0) is 59.9 Å². The second-order valence-corrected chi connectivity index (χ2v) is 9.13. The number of carbonyl (C=O) groups excluding carboxylic acids is 2. The van der Waals surface area contributed by atoms with E-state index in [0.717, 1.165) is 53.8 Å². The van der Waals surface area contributed by atoms with Gasteiger partial charge in [-0.15, -0.1) is 0 Å². The van der Waals surface area contributed by atoms with Crippen LogP contribution in [-0.2, 0) is 27.5 Å². The molecule has 1 aliphatic rings. The van der Waals surface area contributed by atoms with Crippen molar-refractivity contribution in [1.82, 2.24) is 0 Å². The van der Waals surface area contributed by atoms with Gasteiger partial charge in [-0.2, -0.15) is 0 Å². The summed E-state index contributed by atoms with van der Waals surface area (Å²) in [5.41, 5.74) is 3.79. The molecule has 5 heteroatoms. The summed E-state index contributed by atoms with van der Waals surface area (Å²) < 4.78 is 10.6. The molecule has 0 aliphatic heterocycles. The van der Waals surface area contributed by atoms with Crippen LogP contribution in [0.2, 0.25) is 0 Å². The maximum atomic E-state index is 13.7. The average Bonchev–Trinajstić information content (AvgIpc) is 2.95. The number of rotatable bonds is 9. The highest BCUT2D eigenvalue weighted by atomic mass is 16.5. The molecule has 3 aromatic rings. The van der Waals surface area contributed by atoms with Crippen LogP contribution in [0.15, 0.2) is 84.9 Å². The highest BCUT2D eigenvalue weighted by Crippen LogP contribution is 2.29. The molecule has 0 atom stereocenters. The van der Waals surface area contributed by atoms with Gasteiger partial charge >= 0.3 is 5.97 Å². The molecule has 0 unspecified atom stereocenters. The predicted octanol–water partition coefficient (Wildman–Crippen LogP) is 6.57. The van der Waals surface area contributed by atoms with Crippen LogP contribution in [0, 0.1) is 5.92 Å². The molecular weight excluding hydrogens is 450 g/mol. The zero-order valence-corrected chi connectivity index (χ0v) is 20.8. The molecule has 36 heavy (non-hydrogen) atoms. The second kappa shape index (κ2) is 12.7. The van der Waals surface area contributed by atoms with E-state index in [-0.39, 0.29) is 11.8 Å². The summed E-state index contributed by atoms with van der Waals surface area (Å²) in [6.07, 6.45) is 8.37. The van der Waals surface area contributed by atoms with E-state index in [1.807, 2.05) is 59.5 Å². The topological polar surface area (TPSA) is 55.8 Å². The third-order valence-corrected chi connectivity index (χ3v) is 6.53. The van der Waals surface area contributed by atoms with Crippen LogP contribution in [0.3, 0.4) is 0 Å². The van der Waals surface area contributed by atoms with E-state index in [1.54, 1.807) is 6.08 Å². The average molecular weight is 484 g/mol. The fraction of sp³-hybridized carbons (Fsp3) is 0.290. The number of ether oxygens (including phenoxy) is 2. The minimum atomic E-state index is -0.410. The summed E-state index contributed by atoms with van der Waals surface area (Å²) in [5.74, 6) is 0.644. The first kappa shape index (κ1) is 25.2. The van der Waals surface area contributed by atoms with Crippen LogP contribution in [0.25, 0.3) is 6.08 Å². The quantitative estimate of drug-likeness (QED) is 0.255. The fourth-order valence-electron chi connectivity index (χ4n) is 4.50. The van der Waals surface area contributed by atoms with E-state index in [2.05, 4.69) is 24.3 Å². The molecule has 4 rings (SSSR count). The van der Waals surface area contributed by atoms with Gasteiger partial charge in [-0.25, -0.2) is 4.79 Å². The molecule has 0 aromatic heterocycles. The number of carbonyl (C=O) groups is 2. The van der Waals surface area contributed by atoms with Gasteiger partial charge in [0.1, 0.15) is 12.4 Å². The Morgan fingerprint density at radius 2 is 1.61 bits per heavy atom. The van der Waals surface area contributed by atoms with Crippen molar-refractivity contribution >= 4 is 23.6 Å². The van der Waals surface area contributed by atoms with Crippen molar-refractivity contribution in [3.63, 3.8) is 0 Å². The molecule has 0 radical (unpaired) electrons. The Labute approximate surface area is 213 Å². The zero-order chi connectivity index (χ0) is 25.2. The lowest BCUT2D eigenvalue weighted by molar-refractivity contribution is -0.134. The molecule has 0 bridgehead atoms. The monoisotopic (exact) mass is 483 g/mol. The summed E-state index contributed by atoms with van der Waals surface area (Å²) in [6, 6.07) is 25.7. The minimum Gasteiger partial charge on any atom is -0.489 e. The van der Waals surface area contributed by atoms with Crippen LogP contribution in [0.4, 0.5) is 5.69 Å². The summed E-state index contributed by atoms with van der Waals surface area (Å²) in [4.78, 5) is 27.1. The van der Waals surface area contributed by atoms with E-state index in [4.69, 9.17) is 9.47 Å². The van der Waals surface area contributed by atoms with Crippen molar-refractivity contribution in [2.45, 2.75) is 45.3 Å². The second-order valence-electron chi connectivity index (χ2n) is 9.13. The molecule has 0 heterocycles. The number of anilines is 1. The molecule has 1 aliphatic carbocycles. The van der Waals surface area contributed by atoms with Gasteiger partial charge in [0.2, 0.25) is 5.91 Å². The summed E-state index contributed by atoms with van der Waals surface area (Å²) in [5, 5.41) is 0. The van der Waals surface area contributed by atoms with Gasteiger partial charge in [0.15, 0.2) is 0 Å². The molecule has 0 N–H and O–H groups in total. The molecule has 1 fully saturated rings. The van der Waals surface area contributed by atoms with Crippen molar-refractivity contribution in [3.05, 3.63) is 102 Å². The van der Waals surface area contributed by atoms with E-state index in [9.17, 15) is 9.59 Å². The van der Waals surface area contributed by atoms with Crippen LogP contribution in [0.5, 0.6) is 5.75 Å². The molecule has 5 nitrogen and oxygen atoms in total. The van der Waals surface area contributed by atoms with E-state index < -0.39 is 5.97 Å². The first-order valence-corrected chi connectivity index (χ1v) is 12.6. The number of esters is 1. The lowest BCUT2D eigenvalue weighted by Gasteiger charge is -2.30. The predicted molar refractivity (Wildman–Crippen MR) is 142 cm³/mol. The van der Waals surface area contributed by atoms with Crippen LogP contribution < -0.4 is 9.64 Å². The smallest absolute Gasteiger partial charge is 0.330 e. The van der Waals surface area contributed by atoms with Crippen LogP contribution >= 0.6 is 0 Å². The lowest BCUT2D eigenvalue weighted by Crippen LogP contribution is -2.36. The number of para-hydroxylation sites is 1. The molecule has 3 aromatic carbocycles. The molecule has 0 saturated heterocycles. The number of benzene rings is 3. The number of methoxy groups -OCH3 is 1. The Bertz CT molecular complexity index is 1160. The van der Waals surface area contributed by atoms with Gasteiger partial charge in [0, 0.05) is 17.7 Å². The first-order valence-electron chi connectivity index (χ1n) is 12.6. The largest absolute Gasteiger partial charge is 0.489 e. The van der Waals surface area contributed by atoms with E-state index in [1.165, 1.54) is 19.6 Å². The molecule has 186 valence electrons. The SMILES string of the molecule is COC(=O)/C=C/c1cccc(N(Cc2ccc(COc3ccccc3)cc2)C(=O)C2CCCCC2)c1. The van der Waals surface area contributed by atoms with Gasteiger partial charge < -0.3 is 14.4 Å². The van der Waals surface area contributed by atoms with E-state index in [0.29, 0.717) is 13.2 Å². The zero-order valence-electron chi connectivity index (χ0n) is 20.8. The summed E-state index contributed by atoms with van der Waals surface area (Å²) in [7, 11) is 1.35. The molecule has 1 saturated carbocycles. The van der Waals surface area contributed by atoms with Crippen molar-refractivity contribution in [3.8, 4) is 5.75 Å². The normalized spacial score (nSPS) is 13.9. The summed E-state index contributed by atoms with van der Waals surface area (Å²) in [6.45, 7) is 0.975. The third kappa shape index (κ3) is 7.08. The first-order chi connectivity index (χ1) is 17.6. The maximum absolute atomic E-state index is 13.7. The van der Waals surface area contributed by atoms with Crippen molar-refractivity contribution in [1.29, 1.82) is 0 Å². The minimum absolute atomic E-state index is 0.0477. The summed E-state index contributed by atoms with van der Waals surface area (Å²) >= 11 is 0. The Balaban J connectivity index is 1.51. The van der Waals surface area contributed by atoms with Gasteiger partial charge in [0.05, 0.1) is 13.7 Å². The van der Waals surface area contributed by atoms with Gasteiger partial charge in [-0.3, -0.25) is 4.79 Å². The molecular formula is C31H33NO4. The number of nitrogens with zero attached hydrogens (tertiary/aromatic N) is 1. The highest BCUT2D eigenvalue weighted by Gasteiger charge is 2.27. The Morgan fingerprint density at radius 3 is 2.33 bits per heavy atom. The fourth-order valence-corrected chi connectivity index (χ4v) is 4.50. The maximum Gasteiger partial charge on any atom is 0.330 e. The number of amides is 1. The van der Waals surface area contributed by atoms with Crippen molar-refractivity contribution in [2.24, 2.45) is 5.92 Å². The lowest BCUT2D eigenvalue weighted by atomic mass is 9.88. The molecule has 1 amide bonds. The van der Waals surface area contributed by atoms with Crippen molar-refractivity contribution in [2.75, 3.05) is 12.0 Å². The number of hydrogen-bond acceptors (Lipinski definition) is 4. The Morgan fingerprint density at radius 1 is 0.889 bits per heavy atom. The van der Waals surface area contributed by atoms with Crippen LogP contribution in [-0.4, -0.2) is 19.0 Å². The standard InChI is InChI=1S/C31H33NO4/c1-35-30(33)20-19-24-9-8-12-28(21-24)32(31(34)27-10-4-2-5-11-27)22-25-15-17-26(18-16-25)23-36-29-13-6-3-7-14-29/h3,6-9,12-21,27H,2,4-5,10-11,22-23H2,1H3/b20-19+. The number of hydrogen-bond donors (Lipinski definition) is 0. The highest BCUT2D eigenvalue weighted by molar-refractivity contribution is 5.95. The van der Waals surface area contributed by atoms with Gasteiger partial charge in [0.25, 0.3) is 0 Å². The van der Waals surface area contributed by atoms with Crippen LogP contribution in [0.1, 0.15) is 48.8 Å². The van der Waals surface area contributed by atoms with E-state index >= 15 is 0 Å². The van der Waals surface area contributed by atoms with Crippen molar-refractivity contribution < 1.29 is 19.1 Å². The Hall–Kier alpha value is -3.86.